The van der Waals surface area contributed by atoms with Gasteiger partial charge in [-0.25, -0.2) is 0 Å². The van der Waals surface area contributed by atoms with E-state index in [2.05, 4.69) is 51.8 Å². The Bertz CT molecular complexity index is 1280. The van der Waals surface area contributed by atoms with Crippen LogP contribution in [0, 0.1) is 13.8 Å². The van der Waals surface area contributed by atoms with Crippen LogP contribution in [0.5, 0.6) is 5.75 Å². The lowest BCUT2D eigenvalue weighted by Gasteiger charge is -2.14. The summed E-state index contributed by atoms with van der Waals surface area (Å²) in [6, 6.07) is 15.8. The number of ether oxygens (including phenoxy) is 1. The molecule has 0 radical (unpaired) electrons. The molecule has 0 saturated carbocycles. The maximum Gasteiger partial charge on any atom is 0.196 e. The van der Waals surface area contributed by atoms with Crippen molar-refractivity contribution in [3.63, 3.8) is 0 Å². The first-order chi connectivity index (χ1) is 16.0. The fraction of sp³-hybridized carbons (Fsp3) is 0.231. The van der Waals surface area contributed by atoms with Gasteiger partial charge in [0.25, 0.3) is 0 Å². The highest BCUT2D eigenvalue weighted by atomic mass is 32.2. The van der Waals surface area contributed by atoms with E-state index in [1.165, 1.54) is 5.56 Å². The Morgan fingerprint density at radius 1 is 1.09 bits per heavy atom. The highest BCUT2D eigenvalue weighted by molar-refractivity contribution is 7.98. The molecule has 0 atom stereocenters. The Balaban J connectivity index is 1.76. The molecule has 0 spiro atoms. The number of hydrogen-bond donors (Lipinski definition) is 0. The predicted octanol–water partition coefficient (Wildman–Crippen LogP) is 5.84. The van der Waals surface area contributed by atoms with Gasteiger partial charge >= 0.3 is 0 Å². The molecule has 0 aliphatic rings. The molecule has 0 unspecified atom stereocenters. The van der Waals surface area contributed by atoms with Crippen LogP contribution in [0.2, 0.25) is 0 Å². The third-order valence-corrected chi connectivity index (χ3v) is 6.25. The minimum Gasteiger partial charge on any atom is -0.494 e. The molecule has 2 aromatic carbocycles. The van der Waals surface area contributed by atoms with E-state index in [9.17, 15) is 4.79 Å². The number of hydrogen-bond acceptors (Lipinski definition) is 6. The number of nitrogens with zero attached hydrogens (tertiary/aromatic N) is 4. The first-order valence-electron chi connectivity index (χ1n) is 10.8. The van der Waals surface area contributed by atoms with Crippen LogP contribution in [0.1, 0.15) is 40.9 Å². The number of ketones is 1. The number of benzene rings is 2. The molecule has 0 aliphatic carbocycles. The van der Waals surface area contributed by atoms with Crippen molar-refractivity contribution in [3.05, 3.63) is 83.2 Å². The minimum absolute atomic E-state index is 0.0293. The number of carbonyl (C=O) groups is 1. The zero-order chi connectivity index (χ0) is 23.4. The summed E-state index contributed by atoms with van der Waals surface area (Å²) < 4.78 is 7.88. The number of aryl methyl sites for hydroxylation is 2. The lowest BCUT2D eigenvalue weighted by atomic mass is 10.1. The van der Waals surface area contributed by atoms with E-state index in [1.54, 1.807) is 37.1 Å². The smallest absolute Gasteiger partial charge is 0.196 e. The molecule has 0 amide bonds. The Kier molecular flexibility index (Phi) is 6.89. The molecule has 0 aliphatic heterocycles. The van der Waals surface area contributed by atoms with Crippen molar-refractivity contribution in [2.45, 2.75) is 38.6 Å². The van der Waals surface area contributed by atoms with Crippen LogP contribution in [0.15, 0.2) is 66.1 Å². The van der Waals surface area contributed by atoms with Gasteiger partial charge in [0.1, 0.15) is 5.75 Å². The van der Waals surface area contributed by atoms with Gasteiger partial charge in [-0.05, 0) is 69.7 Å². The molecule has 6 nitrogen and oxygen atoms in total. The summed E-state index contributed by atoms with van der Waals surface area (Å²) in [4.78, 5) is 16.2. The van der Waals surface area contributed by atoms with Gasteiger partial charge in [0.2, 0.25) is 0 Å². The second-order valence-corrected chi connectivity index (χ2v) is 8.72. The summed E-state index contributed by atoms with van der Waals surface area (Å²) in [7, 11) is 0. The normalized spacial score (nSPS) is 10.9. The molecular formula is C26H26N4O2S. The van der Waals surface area contributed by atoms with Crippen molar-refractivity contribution in [2.75, 3.05) is 6.61 Å². The van der Waals surface area contributed by atoms with Crippen molar-refractivity contribution in [3.8, 4) is 22.8 Å². The van der Waals surface area contributed by atoms with E-state index < -0.39 is 0 Å². The molecule has 7 heteroatoms. The van der Waals surface area contributed by atoms with Crippen molar-refractivity contribution < 1.29 is 9.53 Å². The molecular weight excluding hydrogens is 432 g/mol. The Labute approximate surface area is 198 Å². The van der Waals surface area contributed by atoms with Crippen LogP contribution < -0.4 is 4.74 Å². The molecule has 33 heavy (non-hydrogen) atoms. The van der Waals surface area contributed by atoms with E-state index >= 15 is 0 Å². The van der Waals surface area contributed by atoms with Gasteiger partial charge in [0.15, 0.2) is 16.8 Å². The number of carbonyl (C=O) groups excluding carboxylic acids is 1. The van der Waals surface area contributed by atoms with Gasteiger partial charge in [-0.3, -0.25) is 14.3 Å². The average molecular weight is 459 g/mol. The van der Waals surface area contributed by atoms with Crippen LogP contribution in [-0.2, 0) is 5.75 Å². The van der Waals surface area contributed by atoms with E-state index in [0.29, 0.717) is 17.9 Å². The van der Waals surface area contributed by atoms with Gasteiger partial charge in [-0.2, -0.15) is 0 Å². The third kappa shape index (κ3) is 4.98. The summed E-state index contributed by atoms with van der Waals surface area (Å²) in [6.45, 7) is 8.25. The molecule has 4 rings (SSSR count). The SMILES string of the molecule is CCOc1ccc(C(C)=O)cc1CSc1nnc(-c2cccnc2)n1-c1ccc(C)cc1C. The summed E-state index contributed by atoms with van der Waals surface area (Å²) in [5.41, 5.74) is 5.87. The topological polar surface area (TPSA) is 69.9 Å². The first kappa shape index (κ1) is 22.7. The summed E-state index contributed by atoms with van der Waals surface area (Å²) >= 11 is 1.56. The molecule has 168 valence electrons. The van der Waals surface area contributed by atoms with E-state index in [0.717, 1.165) is 39.1 Å². The monoisotopic (exact) mass is 458 g/mol. The van der Waals surface area contributed by atoms with Crippen LogP contribution >= 0.6 is 11.8 Å². The van der Waals surface area contributed by atoms with Crippen molar-refractivity contribution in [1.29, 1.82) is 0 Å². The number of Topliss-reactive ketones (excluding diaryl/α,β-unsaturated/α-hetero) is 1. The zero-order valence-corrected chi connectivity index (χ0v) is 20.0. The van der Waals surface area contributed by atoms with E-state index in [4.69, 9.17) is 4.74 Å². The van der Waals surface area contributed by atoms with Crippen molar-refractivity contribution in [1.82, 2.24) is 19.7 Å². The Morgan fingerprint density at radius 2 is 1.94 bits per heavy atom. The van der Waals surface area contributed by atoms with Crippen LogP contribution in [0.25, 0.3) is 17.1 Å². The zero-order valence-electron chi connectivity index (χ0n) is 19.2. The summed E-state index contributed by atoms with van der Waals surface area (Å²) in [5, 5.41) is 9.79. The highest BCUT2D eigenvalue weighted by Gasteiger charge is 2.19. The molecule has 0 saturated heterocycles. The lowest BCUT2D eigenvalue weighted by molar-refractivity contribution is 0.101. The number of rotatable bonds is 8. The fourth-order valence-corrected chi connectivity index (χ4v) is 4.59. The predicted molar refractivity (Wildman–Crippen MR) is 131 cm³/mol. The van der Waals surface area contributed by atoms with Gasteiger partial charge in [0.05, 0.1) is 12.3 Å². The molecule has 4 aromatic rings. The van der Waals surface area contributed by atoms with Crippen LogP contribution in [-0.4, -0.2) is 32.1 Å². The van der Waals surface area contributed by atoms with Crippen LogP contribution in [0.4, 0.5) is 0 Å². The lowest BCUT2D eigenvalue weighted by Crippen LogP contribution is -2.03. The standard InChI is InChI=1S/C26H26N4O2S/c1-5-32-24-11-9-20(19(4)31)14-22(24)16-33-26-29-28-25(21-7-6-12-27-15-21)30(26)23-10-8-17(2)13-18(23)3/h6-15H,5,16H2,1-4H3. The summed E-state index contributed by atoms with van der Waals surface area (Å²) in [6.07, 6.45) is 3.54. The number of thioether (sulfide) groups is 1. The Morgan fingerprint density at radius 3 is 2.64 bits per heavy atom. The fourth-order valence-electron chi connectivity index (χ4n) is 3.67. The van der Waals surface area contributed by atoms with Gasteiger partial charge < -0.3 is 4.74 Å². The second kappa shape index (κ2) is 10.0. The quantitative estimate of drug-likeness (QED) is 0.244. The molecule has 2 aromatic heterocycles. The molecule has 0 fully saturated rings. The van der Waals surface area contributed by atoms with Gasteiger partial charge in [-0.1, -0.05) is 29.5 Å². The van der Waals surface area contributed by atoms with Gasteiger partial charge in [0, 0.05) is 34.8 Å². The maximum absolute atomic E-state index is 11.9. The second-order valence-electron chi connectivity index (χ2n) is 7.77. The Hall–Kier alpha value is -3.45. The molecule has 0 bridgehead atoms. The van der Waals surface area contributed by atoms with Crippen LogP contribution in [0.3, 0.4) is 0 Å². The largest absolute Gasteiger partial charge is 0.494 e. The minimum atomic E-state index is 0.0293. The maximum atomic E-state index is 11.9. The molecule has 2 heterocycles. The van der Waals surface area contributed by atoms with Gasteiger partial charge in [-0.15, -0.1) is 10.2 Å². The highest BCUT2D eigenvalue weighted by Crippen LogP contribution is 2.33. The van der Waals surface area contributed by atoms with Crippen molar-refractivity contribution >= 4 is 17.5 Å². The van der Waals surface area contributed by atoms with E-state index in [-0.39, 0.29) is 5.78 Å². The van der Waals surface area contributed by atoms with Crippen molar-refractivity contribution in [2.24, 2.45) is 0 Å². The number of pyridine rings is 1. The average Bonchev–Trinajstić information content (AvgIpc) is 3.22. The first-order valence-corrected chi connectivity index (χ1v) is 11.8. The third-order valence-electron chi connectivity index (χ3n) is 5.27. The number of aromatic nitrogens is 4. The van der Waals surface area contributed by atoms with E-state index in [1.807, 2.05) is 31.2 Å². The molecule has 0 N–H and O–H groups in total. The summed E-state index contributed by atoms with van der Waals surface area (Å²) in [5.74, 6) is 2.13.